The van der Waals surface area contributed by atoms with Crippen LogP contribution in [0.2, 0.25) is 0 Å². The smallest absolute Gasteiger partial charge is 0.0768 e. The average molecular weight is 218 g/mol. The fraction of sp³-hybridized carbons (Fsp3) is 0.571. The van der Waals surface area contributed by atoms with Crippen LogP contribution in [0.3, 0.4) is 0 Å². The van der Waals surface area contributed by atoms with Gasteiger partial charge in [-0.3, -0.25) is 0 Å². The number of hydrogen-bond acceptors (Lipinski definition) is 1. The molecule has 0 atom stereocenters. The van der Waals surface area contributed by atoms with E-state index >= 15 is 0 Å². The van der Waals surface area contributed by atoms with Gasteiger partial charge in [0.25, 0.3) is 0 Å². The highest BCUT2D eigenvalue weighted by molar-refractivity contribution is 7.10. The first-order chi connectivity index (χ1) is 7.45. The Morgan fingerprint density at radius 2 is 2.13 bits per heavy atom. The maximum Gasteiger partial charge on any atom is 0.0768 e. The Bertz CT molecular complexity index is 320. The summed E-state index contributed by atoms with van der Waals surface area (Å²) in [5.41, 5.74) is 0. The average Bonchev–Trinajstić information content (AvgIpc) is 2.79. The van der Waals surface area contributed by atoms with Gasteiger partial charge in [-0.15, -0.1) is 11.3 Å². The Morgan fingerprint density at radius 1 is 1.27 bits per heavy atom. The third-order valence-corrected chi connectivity index (χ3v) is 3.92. The Kier molecular flexibility index (Phi) is 4.29. The molecule has 0 bridgehead atoms. The highest BCUT2D eigenvalue weighted by Crippen LogP contribution is 2.26. The first kappa shape index (κ1) is 10.8. The van der Waals surface area contributed by atoms with E-state index in [1.807, 2.05) is 0 Å². The second-order valence-electron chi connectivity index (χ2n) is 4.32. The van der Waals surface area contributed by atoms with Crippen LogP contribution in [0.1, 0.15) is 49.8 Å². The van der Waals surface area contributed by atoms with Gasteiger partial charge in [0.1, 0.15) is 0 Å². The minimum absolute atomic E-state index is 0.969. The van der Waals surface area contributed by atoms with E-state index < -0.39 is 0 Å². The van der Waals surface area contributed by atoms with Crippen molar-refractivity contribution in [1.29, 1.82) is 0 Å². The highest BCUT2D eigenvalue weighted by Gasteiger charge is 2.11. The molecule has 2 rings (SSSR count). The molecule has 1 saturated carbocycles. The maximum atomic E-state index is 3.30. The third kappa shape index (κ3) is 3.72. The lowest BCUT2D eigenvalue weighted by atomic mass is 9.86. The normalized spacial score (nSPS) is 17.1. The van der Waals surface area contributed by atoms with Crippen molar-refractivity contribution < 1.29 is 0 Å². The van der Waals surface area contributed by atoms with Crippen LogP contribution in [-0.4, -0.2) is 0 Å². The van der Waals surface area contributed by atoms with Crippen LogP contribution in [0.5, 0.6) is 0 Å². The van der Waals surface area contributed by atoms with Crippen LogP contribution in [0, 0.1) is 17.8 Å². The van der Waals surface area contributed by atoms with Gasteiger partial charge in [-0.1, -0.05) is 50.0 Å². The standard InChI is InChI=1S/C14H18S/c1-2-7-13(8-3-1)9-4-5-10-14-11-6-12-15-14/h6,11-13H,1-4,7-9H2. The molecule has 0 spiro atoms. The molecule has 1 aromatic heterocycles. The van der Waals surface area contributed by atoms with E-state index in [0.717, 1.165) is 12.3 Å². The first-order valence-corrected chi connectivity index (χ1v) is 6.85. The lowest BCUT2D eigenvalue weighted by Gasteiger charge is -2.20. The van der Waals surface area contributed by atoms with Gasteiger partial charge in [0.2, 0.25) is 0 Å². The van der Waals surface area contributed by atoms with Crippen LogP contribution in [0.25, 0.3) is 0 Å². The number of hydrogen-bond donors (Lipinski definition) is 0. The summed E-state index contributed by atoms with van der Waals surface area (Å²) in [6, 6.07) is 4.16. The van der Waals surface area contributed by atoms with Gasteiger partial charge in [-0.05, 0) is 23.8 Å². The second kappa shape index (κ2) is 5.98. The quantitative estimate of drug-likeness (QED) is 0.643. The van der Waals surface area contributed by atoms with Gasteiger partial charge in [-0.2, -0.15) is 0 Å². The van der Waals surface area contributed by atoms with Gasteiger partial charge in [0.15, 0.2) is 0 Å². The van der Waals surface area contributed by atoms with Crippen LogP contribution in [0.15, 0.2) is 17.5 Å². The molecule has 1 fully saturated rings. The summed E-state index contributed by atoms with van der Waals surface area (Å²) < 4.78 is 0. The summed E-state index contributed by atoms with van der Waals surface area (Å²) in [7, 11) is 0. The largest absolute Gasteiger partial charge is 0.135 e. The number of rotatable bonds is 2. The van der Waals surface area contributed by atoms with Gasteiger partial charge in [-0.25, -0.2) is 0 Å². The summed E-state index contributed by atoms with van der Waals surface area (Å²) in [5, 5.41) is 2.09. The predicted molar refractivity (Wildman–Crippen MR) is 67.0 cm³/mol. The van der Waals surface area contributed by atoms with Crippen LogP contribution in [0.4, 0.5) is 0 Å². The van der Waals surface area contributed by atoms with Crippen molar-refractivity contribution >= 4 is 11.3 Å². The van der Waals surface area contributed by atoms with E-state index in [2.05, 4.69) is 29.4 Å². The summed E-state index contributed by atoms with van der Waals surface area (Å²) in [5.74, 6) is 7.50. The minimum Gasteiger partial charge on any atom is -0.135 e. The van der Waals surface area contributed by atoms with E-state index in [1.54, 1.807) is 11.3 Å². The van der Waals surface area contributed by atoms with Crippen molar-refractivity contribution in [2.75, 3.05) is 0 Å². The Hall–Kier alpha value is -0.740. The molecule has 0 unspecified atom stereocenters. The molecule has 1 heteroatoms. The molecule has 0 radical (unpaired) electrons. The molecule has 1 heterocycles. The fourth-order valence-corrected chi connectivity index (χ4v) is 2.84. The van der Waals surface area contributed by atoms with Gasteiger partial charge in [0, 0.05) is 6.42 Å². The molecule has 15 heavy (non-hydrogen) atoms. The zero-order chi connectivity index (χ0) is 10.3. The van der Waals surface area contributed by atoms with E-state index in [0.29, 0.717) is 0 Å². The third-order valence-electron chi connectivity index (χ3n) is 3.14. The van der Waals surface area contributed by atoms with E-state index in [1.165, 1.54) is 43.4 Å². The first-order valence-electron chi connectivity index (χ1n) is 5.97. The van der Waals surface area contributed by atoms with Crippen molar-refractivity contribution in [2.24, 2.45) is 5.92 Å². The Labute approximate surface area is 96.7 Å². The van der Waals surface area contributed by atoms with Gasteiger partial charge < -0.3 is 0 Å². The summed E-state index contributed by atoms with van der Waals surface area (Å²) in [4.78, 5) is 1.21. The molecule has 1 aromatic rings. The molecule has 1 aliphatic carbocycles. The van der Waals surface area contributed by atoms with Crippen LogP contribution >= 0.6 is 11.3 Å². The maximum absolute atomic E-state index is 3.30. The van der Waals surface area contributed by atoms with Crippen molar-refractivity contribution in [3.05, 3.63) is 22.4 Å². The minimum atomic E-state index is 0.969. The predicted octanol–water partition coefficient (Wildman–Crippen LogP) is 4.46. The summed E-state index contributed by atoms with van der Waals surface area (Å²) in [6.45, 7) is 0. The second-order valence-corrected chi connectivity index (χ2v) is 5.27. The zero-order valence-electron chi connectivity index (χ0n) is 9.17. The lowest BCUT2D eigenvalue weighted by Crippen LogP contribution is -2.05. The Balaban J connectivity index is 1.69. The molecule has 0 N–H and O–H groups in total. The topological polar surface area (TPSA) is 0 Å². The highest BCUT2D eigenvalue weighted by atomic mass is 32.1. The SMILES string of the molecule is C(#Cc1cccs1)CCC1CCCCC1. The van der Waals surface area contributed by atoms with Crippen LogP contribution < -0.4 is 0 Å². The fourth-order valence-electron chi connectivity index (χ4n) is 2.25. The van der Waals surface area contributed by atoms with E-state index in [-0.39, 0.29) is 0 Å². The molecule has 0 amide bonds. The summed E-state index contributed by atoms with van der Waals surface area (Å²) >= 11 is 1.74. The van der Waals surface area contributed by atoms with Crippen molar-refractivity contribution in [3.63, 3.8) is 0 Å². The van der Waals surface area contributed by atoms with Crippen molar-refractivity contribution in [1.82, 2.24) is 0 Å². The summed E-state index contributed by atoms with van der Waals surface area (Å²) in [6.07, 6.45) is 9.64. The molecule has 0 aliphatic heterocycles. The van der Waals surface area contributed by atoms with Crippen LogP contribution in [-0.2, 0) is 0 Å². The van der Waals surface area contributed by atoms with E-state index in [9.17, 15) is 0 Å². The molecular formula is C14H18S. The molecule has 0 saturated heterocycles. The van der Waals surface area contributed by atoms with Gasteiger partial charge >= 0.3 is 0 Å². The molecule has 0 aromatic carbocycles. The zero-order valence-corrected chi connectivity index (χ0v) is 9.98. The molecular weight excluding hydrogens is 200 g/mol. The molecule has 80 valence electrons. The molecule has 0 nitrogen and oxygen atoms in total. The molecule has 1 aliphatic rings. The van der Waals surface area contributed by atoms with Crippen molar-refractivity contribution in [3.8, 4) is 11.8 Å². The Morgan fingerprint density at radius 3 is 2.87 bits per heavy atom. The number of thiophene rings is 1. The van der Waals surface area contributed by atoms with E-state index in [4.69, 9.17) is 0 Å². The lowest BCUT2D eigenvalue weighted by molar-refractivity contribution is 0.342. The monoisotopic (exact) mass is 218 g/mol. The van der Waals surface area contributed by atoms with Crippen molar-refractivity contribution in [2.45, 2.75) is 44.9 Å². The van der Waals surface area contributed by atoms with Gasteiger partial charge in [0.05, 0.1) is 4.88 Å².